The number of hydrogen-bond acceptors (Lipinski definition) is 1. The first-order valence-corrected chi connectivity index (χ1v) is 4.93. The summed E-state index contributed by atoms with van der Waals surface area (Å²) >= 11 is 0. The van der Waals surface area contributed by atoms with E-state index in [1.807, 2.05) is 6.92 Å². The Morgan fingerprint density at radius 1 is 1.14 bits per heavy atom. The molecule has 76 valence electrons. The molecule has 0 heterocycles. The molecule has 0 amide bonds. The fourth-order valence-electron chi connectivity index (χ4n) is 1.76. The Bertz CT molecular complexity index is 356. The van der Waals surface area contributed by atoms with Crippen LogP contribution in [0.25, 0.3) is 0 Å². The Labute approximate surface area is 86.1 Å². The van der Waals surface area contributed by atoms with E-state index in [0.29, 0.717) is 0 Å². The molecule has 0 N–H and O–H groups in total. The van der Waals surface area contributed by atoms with E-state index < -0.39 is 0 Å². The van der Waals surface area contributed by atoms with E-state index in [4.69, 9.17) is 0 Å². The van der Waals surface area contributed by atoms with Crippen molar-refractivity contribution in [2.24, 2.45) is 0 Å². The third kappa shape index (κ3) is 2.03. The van der Waals surface area contributed by atoms with Crippen molar-refractivity contribution in [1.82, 2.24) is 0 Å². The van der Waals surface area contributed by atoms with Gasteiger partial charge in [0, 0.05) is 5.56 Å². The van der Waals surface area contributed by atoms with Gasteiger partial charge in [-0.05, 0) is 30.4 Å². The molecule has 1 heteroatoms. The molecule has 0 saturated heterocycles. The fourth-order valence-corrected chi connectivity index (χ4v) is 1.76. The van der Waals surface area contributed by atoms with Gasteiger partial charge < -0.3 is 0 Å². The van der Waals surface area contributed by atoms with Crippen molar-refractivity contribution < 1.29 is 4.79 Å². The van der Waals surface area contributed by atoms with Gasteiger partial charge in [0.15, 0.2) is 6.29 Å². The Hall–Kier alpha value is -1.11. The molecule has 1 nitrogen and oxygen atoms in total. The van der Waals surface area contributed by atoms with Gasteiger partial charge in [0.25, 0.3) is 0 Å². The minimum absolute atomic E-state index is 0.0347. The van der Waals surface area contributed by atoms with E-state index in [0.717, 1.165) is 23.0 Å². The molecule has 0 atom stereocenters. The van der Waals surface area contributed by atoms with Gasteiger partial charge in [-0.1, -0.05) is 38.5 Å². The van der Waals surface area contributed by atoms with E-state index >= 15 is 0 Å². The van der Waals surface area contributed by atoms with E-state index in [9.17, 15) is 4.79 Å². The highest BCUT2D eigenvalue weighted by Crippen LogP contribution is 2.27. The standard InChI is InChI=1S/C13H18O/c1-9-6-10(2)11(8-14)12(7-9)13(3,4)5/h6-8H,1-5H3. The fraction of sp³-hybridized carbons (Fsp3) is 0.462. The van der Waals surface area contributed by atoms with Gasteiger partial charge in [-0.25, -0.2) is 0 Å². The Morgan fingerprint density at radius 2 is 1.71 bits per heavy atom. The van der Waals surface area contributed by atoms with Crippen LogP contribution < -0.4 is 0 Å². The van der Waals surface area contributed by atoms with Crippen molar-refractivity contribution in [3.05, 3.63) is 34.4 Å². The van der Waals surface area contributed by atoms with Crippen molar-refractivity contribution in [3.63, 3.8) is 0 Å². The Morgan fingerprint density at radius 3 is 2.14 bits per heavy atom. The van der Waals surface area contributed by atoms with Crippen molar-refractivity contribution in [2.45, 2.75) is 40.0 Å². The van der Waals surface area contributed by atoms with E-state index in [-0.39, 0.29) is 5.41 Å². The summed E-state index contributed by atoms with van der Waals surface area (Å²) in [6, 6.07) is 4.16. The number of aldehydes is 1. The molecule has 0 aromatic heterocycles. The van der Waals surface area contributed by atoms with Crippen LogP contribution in [0.15, 0.2) is 12.1 Å². The zero-order valence-corrected chi connectivity index (χ0v) is 9.64. The second-order valence-electron chi connectivity index (χ2n) is 4.91. The maximum Gasteiger partial charge on any atom is 0.150 e. The van der Waals surface area contributed by atoms with Crippen LogP contribution in [0.3, 0.4) is 0 Å². The predicted octanol–water partition coefficient (Wildman–Crippen LogP) is 3.41. The summed E-state index contributed by atoms with van der Waals surface area (Å²) in [6.07, 6.45) is 0.968. The lowest BCUT2D eigenvalue weighted by atomic mass is 9.81. The first kappa shape index (κ1) is 11.0. The lowest BCUT2D eigenvalue weighted by Gasteiger charge is -2.22. The monoisotopic (exact) mass is 190 g/mol. The minimum atomic E-state index is 0.0347. The topological polar surface area (TPSA) is 17.1 Å². The second kappa shape index (κ2) is 3.56. The summed E-state index contributed by atoms with van der Waals surface area (Å²) in [5.41, 5.74) is 4.32. The molecule has 0 spiro atoms. The molecule has 0 bridgehead atoms. The molecule has 1 rings (SSSR count). The second-order valence-corrected chi connectivity index (χ2v) is 4.91. The Kier molecular flexibility index (Phi) is 2.79. The SMILES string of the molecule is Cc1cc(C)c(C=O)c(C(C)(C)C)c1. The zero-order chi connectivity index (χ0) is 10.9. The molecule has 0 unspecified atom stereocenters. The molecular formula is C13H18O. The number of hydrogen-bond donors (Lipinski definition) is 0. The highest BCUT2D eigenvalue weighted by Gasteiger charge is 2.19. The van der Waals surface area contributed by atoms with Crippen LogP contribution in [0, 0.1) is 13.8 Å². The van der Waals surface area contributed by atoms with E-state index in [1.165, 1.54) is 5.56 Å². The van der Waals surface area contributed by atoms with Crippen molar-refractivity contribution in [1.29, 1.82) is 0 Å². The van der Waals surface area contributed by atoms with Crippen molar-refractivity contribution in [3.8, 4) is 0 Å². The first-order chi connectivity index (χ1) is 6.36. The lowest BCUT2D eigenvalue weighted by molar-refractivity contribution is 0.112. The number of carbonyl (C=O) groups is 1. The smallest absolute Gasteiger partial charge is 0.150 e. The summed E-state index contributed by atoms with van der Waals surface area (Å²) in [4.78, 5) is 11.0. The van der Waals surface area contributed by atoms with E-state index in [2.05, 4.69) is 39.8 Å². The maximum atomic E-state index is 11.0. The van der Waals surface area contributed by atoms with Crippen LogP contribution in [-0.2, 0) is 5.41 Å². The highest BCUT2D eigenvalue weighted by atomic mass is 16.1. The van der Waals surface area contributed by atoms with Gasteiger partial charge in [0.2, 0.25) is 0 Å². The molecule has 1 aromatic rings. The van der Waals surface area contributed by atoms with Crippen LogP contribution >= 0.6 is 0 Å². The van der Waals surface area contributed by atoms with Gasteiger partial charge in [-0.15, -0.1) is 0 Å². The first-order valence-electron chi connectivity index (χ1n) is 4.93. The number of rotatable bonds is 1. The Balaban J connectivity index is 3.48. The molecule has 0 saturated carbocycles. The van der Waals surface area contributed by atoms with Gasteiger partial charge >= 0.3 is 0 Å². The van der Waals surface area contributed by atoms with Crippen LogP contribution in [0.1, 0.15) is 47.8 Å². The van der Waals surface area contributed by atoms with Crippen LogP contribution in [0.4, 0.5) is 0 Å². The summed E-state index contributed by atoms with van der Waals surface area (Å²) in [7, 11) is 0. The van der Waals surface area contributed by atoms with E-state index in [1.54, 1.807) is 0 Å². The largest absolute Gasteiger partial charge is 0.298 e. The van der Waals surface area contributed by atoms with Gasteiger partial charge in [0.05, 0.1) is 0 Å². The third-order valence-electron chi connectivity index (χ3n) is 2.46. The summed E-state index contributed by atoms with van der Waals surface area (Å²) < 4.78 is 0. The molecule has 0 aliphatic carbocycles. The molecular weight excluding hydrogens is 172 g/mol. The molecule has 0 radical (unpaired) electrons. The normalized spacial score (nSPS) is 11.5. The lowest BCUT2D eigenvalue weighted by Crippen LogP contribution is -2.15. The quantitative estimate of drug-likeness (QED) is 0.620. The molecule has 1 aromatic carbocycles. The van der Waals surface area contributed by atoms with Gasteiger partial charge in [-0.3, -0.25) is 4.79 Å². The third-order valence-corrected chi connectivity index (χ3v) is 2.46. The molecule has 14 heavy (non-hydrogen) atoms. The predicted molar refractivity (Wildman–Crippen MR) is 60.0 cm³/mol. The molecule has 0 aliphatic rings. The zero-order valence-electron chi connectivity index (χ0n) is 9.64. The number of carbonyl (C=O) groups excluding carboxylic acids is 1. The van der Waals surface area contributed by atoms with Crippen LogP contribution in [-0.4, -0.2) is 6.29 Å². The summed E-state index contributed by atoms with van der Waals surface area (Å²) in [6.45, 7) is 10.5. The number of benzene rings is 1. The summed E-state index contributed by atoms with van der Waals surface area (Å²) in [5, 5.41) is 0. The molecule has 0 aliphatic heterocycles. The highest BCUT2D eigenvalue weighted by molar-refractivity contribution is 5.80. The average Bonchev–Trinajstić information content (AvgIpc) is 2.01. The maximum absolute atomic E-state index is 11.0. The number of aryl methyl sites for hydroxylation is 2. The van der Waals surface area contributed by atoms with Gasteiger partial charge in [-0.2, -0.15) is 0 Å². The van der Waals surface area contributed by atoms with Crippen molar-refractivity contribution >= 4 is 6.29 Å². The average molecular weight is 190 g/mol. The van der Waals surface area contributed by atoms with Crippen LogP contribution in [0.2, 0.25) is 0 Å². The minimum Gasteiger partial charge on any atom is -0.298 e. The van der Waals surface area contributed by atoms with Crippen LogP contribution in [0.5, 0.6) is 0 Å². The van der Waals surface area contributed by atoms with Gasteiger partial charge in [0.1, 0.15) is 0 Å². The summed E-state index contributed by atoms with van der Waals surface area (Å²) in [5.74, 6) is 0. The van der Waals surface area contributed by atoms with Crippen molar-refractivity contribution in [2.75, 3.05) is 0 Å². The molecule has 0 fully saturated rings.